The molecular weight excluding hydrogens is 252 g/mol. The third-order valence-corrected chi connectivity index (χ3v) is 4.18. The van der Waals surface area contributed by atoms with Gasteiger partial charge >= 0.3 is 0 Å². The van der Waals surface area contributed by atoms with Gasteiger partial charge in [-0.3, -0.25) is 0 Å². The van der Waals surface area contributed by atoms with Crippen LogP contribution in [0.3, 0.4) is 0 Å². The lowest BCUT2D eigenvalue weighted by Gasteiger charge is -2.02. The molecule has 0 fully saturated rings. The first-order valence-corrected chi connectivity index (χ1v) is 7.04. The monoisotopic (exact) mass is 266 g/mol. The fourth-order valence-electron chi connectivity index (χ4n) is 1.58. The van der Waals surface area contributed by atoms with Crippen LogP contribution >= 0.6 is 0 Å². The SMILES string of the molecule is CCCn1nnc(S(=O)(=O)c2ccccc2)c1N. The molecule has 2 rings (SSSR count). The maximum atomic E-state index is 12.3. The van der Waals surface area contributed by atoms with Gasteiger partial charge in [0.1, 0.15) is 0 Å². The van der Waals surface area contributed by atoms with Crippen molar-refractivity contribution < 1.29 is 8.42 Å². The first-order valence-electron chi connectivity index (χ1n) is 5.56. The summed E-state index contributed by atoms with van der Waals surface area (Å²) < 4.78 is 26.0. The summed E-state index contributed by atoms with van der Waals surface area (Å²) in [6.07, 6.45) is 0.804. The van der Waals surface area contributed by atoms with Gasteiger partial charge in [-0.05, 0) is 18.6 Å². The number of rotatable bonds is 4. The predicted octanol–water partition coefficient (Wildman–Crippen LogP) is 1.10. The highest BCUT2D eigenvalue weighted by Gasteiger charge is 2.25. The van der Waals surface area contributed by atoms with Gasteiger partial charge in [0, 0.05) is 6.54 Å². The second-order valence-corrected chi connectivity index (χ2v) is 5.68. The summed E-state index contributed by atoms with van der Waals surface area (Å²) in [5, 5.41) is 7.26. The van der Waals surface area contributed by atoms with Crippen LogP contribution in [-0.4, -0.2) is 23.4 Å². The summed E-state index contributed by atoms with van der Waals surface area (Å²) in [6.45, 7) is 2.50. The highest BCUT2D eigenvalue weighted by molar-refractivity contribution is 7.91. The lowest BCUT2D eigenvalue weighted by Crippen LogP contribution is -2.08. The first-order chi connectivity index (χ1) is 8.57. The number of sulfone groups is 1. The van der Waals surface area contributed by atoms with Crippen molar-refractivity contribution in [2.24, 2.45) is 0 Å². The highest BCUT2D eigenvalue weighted by Crippen LogP contribution is 2.23. The summed E-state index contributed by atoms with van der Waals surface area (Å²) in [5.41, 5.74) is 5.77. The zero-order valence-corrected chi connectivity index (χ0v) is 10.8. The van der Waals surface area contributed by atoms with Gasteiger partial charge in [0.05, 0.1) is 4.90 Å². The highest BCUT2D eigenvalue weighted by atomic mass is 32.2. The van der Waals surface area contributed by atoms with Crippen LogP contribution in [0, 0.1) is 0 Å². The van der Waals surface area contributed by atoms with Crippen LogP contribution in [0.2, 0.25) is 0 Å². The lowest BCUT2D eigenvalue weighted by molar-refractivity contribution is 0.583. The molecule has 18 heavy (non-hydrogen) atoms. The second kappa shape index (κ2) is 4.77. The average Bonchev–Trinajstić information content (AvgIpc) is 2.73. The molecule has 6 nitrogen and oxygen atoms in total. The minimum Gasteiger partial charge on any atom is -0.381 e. The van der Waals surface area contributed by atoms with Crippen LogP contribution in [0.25, 0.3) is 0 Å². The molecule has 0 radical (unpaired) electrons. The van der Waals surface area contributed by atoms with Crippen LogP contribution in [0.15, 0.2) is 40.3 Å². The molecule has 7 heteroatoms. The molecule has 0 aliphatic rings. The van der Waals surface area contributed by atoms with E-state index in [0.717, 1.165) is 6.42 Å². The Balaban J connectivity index is 2.49. The maximum absolute atomic E-state index is 12.3. The van der Waals surface area contributed by atoms with Crippen LogP contribution in [0.4, 0.5) is 5.82 Å². The van der Waals surface area contributed by atoms with Gasteiger partial charge in [-0.15, -0.1) is 5.10 Å². The molecule has 0 spiro atoms. The summed E-state index contributed by atoms with van der Waals surface area (Å²) in [6, 6.07) is 8.07. The molecule has 0 bridgehead atoms. The summed E-state index contributed by atoms with van der Waals surface area (Å²) in [7, 11) is -3.69. The van der Waals surface area contributed by atoms with E-state index in [2.05, 4.69) is 10.3 Å². The molecule has 1 aromatic heterocycles. The molecule has 2 N–H and O–H groups in total. The number of nitrogens with two attached hydrogens (primary N) is 1. The van der Waals surface area contributed by atoms with Gasteiger partial charge in [0.2, 0.25) is 14.9 Å². The first kappa shape index (κ1) is 12.6. The molecule has 1 heterocycles. The van der Waals surface area contributed by atoms with Gasteiger partial charge < -0.3 is 5.73 Å². The Labute approximate surface area is 105 Å². The summed E-state index contributed by atoms with van der Waals surface area (Å²) in [4.78, 5) is 0.167. The van der Waals surface area contributed by atoms with Crippen molar-refractivity contribution in [2.45, 2.75) is 29.8 Å². The van der Waals surface area contributed by atoms with E-state index >= 15 is 0 Å². The van der Waals surface area contributed by atoms with Crippen molar-refractivity contribution in [3.05, 3.63) is 30.3 Å². The van der Waals surface area contributed by atoms with E-state index in [1.54, 1.807) is 18.2 Å². The molecule has 0 aliphatic heterocycles. The Morgan fingerprint density at radius 2 is 1.94 bits per heavy atom. The second-order valence-electron chi connectivity index (χ2n) is 3.82. The van der Waals surface area contributed by atoms with E-state index in [4.69, 9.17) is 5.73 Å². The van der Waals surface area contributed by atoms with E-state index in [-0.39, 0.29) is 15.7 Å². The van der Waals surface area contributed by atoms with Gasteiger partial charge in [0.25, 0.3) is 0 Å². The Morgan fingerprint density at radius 1 is 1.28 bits per heavy atom. The number of benzene rings is 1. The largest absolute Gasteiger partial charge is 0.381 e. The molecule has 0 unspecified atom stereocenters. The number of aryl methyl sites for hydroxylation is 1. The molecule has 0 saturated heterocycles. The standard InChI is InChI=1S/C11H14N4O2S/c1-2-8-15-10(12)11(13-14-15)18(16,17)9-6-4-3-5-7-9/h3-7H,2,8,12H2,1H3. The van der Waals surface area contributed by atoms with E-state index in [1.807, 2.05) is 6.92 Å². The fourth-order valence-corrected chi connectivity index (χ4v) is 2.85. The minimum atomic E-state index is -3.69. The normalized spacial score (nSPS) is 11.6. The Bertz CT molecular complexity index is 634. The van der Waals surface area contributed by atoms with Crippen molar-refractivity contribution in [3.8, 4) is 0 Å². The number of aromatic nitrogens is 3. The molecule has 0 aliphatic carbocycles. The summed E-state index contributed by atoms with van der Waals surface area (Å²) >= 11 is 0. The number of hydrogen-bond donors (Lipinski definition) is 1. The molecule has 1 aromatic carbocycles. The van der Waals surface area contributed by atoms with Gasteiger partial charge in [-0.2, -0.15) is 0 Å². The predicted molar refractivity (Wildman–Crippen MR) is 66.6 cm³/mol. The molecule has 0 atom stereocenters. The fraction of sp³-hybridized carbons (Fsp3) is 0.273. The van der Waals surface area contributed by atoms with Crippen molar-refractivity contribution >= 4 is 15.7 Å². The summed E-state index contributed by atoms with van der Waals surface area (Å²) in [5.74, 6) is 0.0840. The van der Waals surface area contributed by atoms with Crippen LogP contribution in [-0.2, 0) is 16.4 Å². The quantitative estimate of drug-likeness (QED) is 0.894. The van der Waals surface area contributed by atoms with E-state index in [0.29, 0.717) is 6.54 Å². The zero-order chi connectivity index (χ0) is 13.2. The Hall–Kier alpha value is -1.89. The number of anilines is 1. The third-order valence-electron chi connectivity index (χ3n) is 2.48. The number of nitrogens with zero attached hydrogens (tertiary/aromatic N) is 3. The minimum absolute atomic E-state index is 0.0840. The van der Waals surface area contributed by atoms with Crippen molar-refractivity contribution in [1.29, 1.82) is 0 Å². The van der Waals surface area contributed by atoms with Crippen LogP contribution in [0.5, 0.6) is 0 Å². The number of hydrogen-bond acceptors (Lipinski definition) is 5. The molecule has 0 amide bonds. The van der Waals surface area contributed by atoms with Crippen LogP contribution < -0.4 is 5.73 Å². The van der Waals surface area contributed by atoms with Crippen molar-refractivity contribution in [1.82, 2.24) is 15.0 Å². The van der Waals surface area contributed by atoms with E-state index in [9.17, 15) is 8.42 Å². The molecular formula is C11H14N4O2S. The van der Waals surface area contributed by atoms with Gasteiger partial charge in [-0.25, -0.2) is 13.1 Å². The van der Waals surface area contributed by atoms with E-state index < -0.39 is 9.84 Å². The smallest absolute Gasteiger partial charge is 0.229 e. The van der Waals surface area contributed by atoms with Gasteiger partial charge in [-0.1, -0.05) is 30.3 Å². The maximum Gasteiger partial charge on any atom is 0.229 e. The topological polar surface area (TPSA) is 90.9 Å². The Morgan fingerprint density at radius 3 is 2.56 bits per heavy atom. The molecule has 96 valence electrons. The van der Waals surface area contributed by atoms with Gasteiger partial charge in [0.15, 0.2) is 5.82 Å². The van der Waals surface area contributed by atoms with Crippen LogP contribution in [0.1, 0.15) is 13.3 Å². The molecule has 0 saturated carbocycles. The lowest BCUT2D eigenvalue weighted by atomic mass is 10.4. The number of nitrogen functional groups attached to an aromatic ring is 1. The molecule has 2 aromatic rings. The van der Waals surface area contributed by atoms with Crippen molar-refractivity contribution in [2.75, 3.05) is 5.73 Å². The van der Waals surface area contributed by atoms with Crippen molar-refractivity contribution in [3.63, 3.8) is 0 Å². The average molecular weight is 266 g/mol. The Kier molecular flexibility index (Phi) is 3.33. The third kappa shape index (κ3) is 2.08. The van der Waals surface area contributed by atoms with E-state index in [1.165, 1.54) is 16.8 Å². The zero-order valence-electron chi connectivity index (χ0n) is 9.94.